The van der Waals surface area contributed by atoms with Crippen LogP contribution in [0.15, 0.2) is 48.5 Å². The molecule has 2 amide bonds. The zero-order chi connectivity index (χ0) is 21.7. The number of nitrogens with one attached hydrogen (secondary N) is 1. The lowest BCUT2D eigenvalue weighted by Gasteiger charge is -2.23. The predicted molar refractivity (Wildman–Crippen MR) is 116 cm³/mol. The second kappa shape index (κ2) is 9.67. The molecule has 1 atom stereocenters. The van der Waals surface area contributed by atoms with Crippen molar-refractivity contribution in [1.82, 2.24) is 10.2 Å². The van der Waals surface area contributed by atoms with Crippen LogP contribution in [-0.2, 0) is 14.3 Å². The molecule has 2 N–H and O–H groups in total. The van der Waals surface area contributed by atoms with Crippen molar-refractivity contribution in [2.45, 2.75) is 12.0 Å². The number of carbonyl (C=O) groups excluding carboxylic acids is 2. The van der Waals surface area contributed by atoms with Crippen LogP contribution in [0.3, 0.4) is 0 Å². The molecular weight excluding hydrogens is 404 g/mol. The zero-order valence-electron chi connectivity index (χ0n) is 16.8. The minimum Gasteiger partial charge on any atom is -0.480 e. The maximum absolute atomic E-state index is 12.5. The van der Waals surface area contributed by atoms with Crippen LogP contribution >= 0.6 is 11.8 Å². The largest absolute Gasteiger partial charge is 0.480 e. The summed E-state index contributed by atoms with van der Waals surface area (Å²) in [7, 11) is 1.39. The molecule has 0 aliphatic heterocycles. The fraction of sp³-hybridized carbons (Fsp3) is 0.318. The van der Waals surface area contributed by atoms with Gasteiger partial charge in [0, 0.05) is 18.7 Å². The molecule has 2 aromatic rings. The fourth-order valence-electron chi connectivity index (χ4n) is 3.67. The third-order valence-corrected chi connectivity index (χ3v) is 5.68. The Morgan fingerprint density at radius 3 is 2.20 bits per heavy atom. The van der Waals surface area contributed by atoms with Gasteiger partial charge in [-0.1, -0.05) is 48.5 Å². The van der Waals surface area contributed by atoms with E-state index >= 15 is 0 Å². The lowest BCUT2D eigenvalue weighted by atomic mass is 9.98. The summed E-state index contributed by atoms with van der Waals surface area (Å²) in [6, 6.07) is 15.2. The van der Waals surface area contributed by atoms with Gasteiger partial charge in [0.25, 0.3) is 0 Å². The Bertz CT molecular complexity index is 903. The number of carboxylic acids is 1. The molecular formula is C22H24N2O5S. The average Bonchev–Trinajstić information content (AvgIpc) is 3.05. The summed E-state index contributed by atoms with van der Waals surface area (Å²) in [5.41, 5.74) is 4.47. The van der Waals surface area contributed by atoms with Crippen molar-refractivity contribution in [2.75, 3.05) is 32.2 Å². The van der Waals surface area contributed by atoms with Crippen LogP contribution < -0.4 is 5.32 Å². The molecule has 158 valence electrons. The first-order valence-corrected chi connectivity index (χ1v) is 10.9. The summed E-state index contributed by atoms with van der Waals surface area (Å²) in [5.74, 6) is -1.35. The number of hydrogen-bond acceptors (Lipinski definition) is 5. The van der Waals surface area contributed by atoms with Gasteiger partial charge in [-0.2, -0.15) is 11.8 Å². The van der Waals surface area contributed by atoms with Gasteiger partial charge in [-0.25, -0.2) is 4.79 Å². The van der Waals surface area contributed by atoms with Crippen molar-refractivity contribution in [3.05, 3.63) is 59.7 Å². The van der Waals surface area contributed by atoms with E-state index in [0.29, 0.717) is 5.75 Å². The third kappa shape index (κ3) is 4.76. The lowest BCUT2D eigenvalue weighted by molar-refractivity contribution is -0.143. The SMILES string of the molecule is CSCC(NC(=O)OCC1c2ccccc2-c2ccccc21)C(=O)N(C)CC(=O)O. The first-order chi connectivity index (χ1) is 14.4. The monoisotopic (exact) mass is 428 g/mol. The summed E-state index contributed by atoms with van der Waals surface area (Å²) in [4.78, 5) is 36.8. The van der Waals surface area contributed by atoms with Gasteiger partial charge in [0.05, 0.1) is 0 Å². The van der Waals surface area contributed by atoms with Gasteiger partial charge in [-0.3, -0.25) is 9.59 Å². The van der Waals surface area contributed by atoms with Gasteiger partial charge in [-0.05, 0) is 28.5 Å². The predicted octanol–water partition coefficient (Wildman–Crippen LogP) is 2.80. The highest BCUT2D eigenvalue weighted by Crippen LogP contribution is 2.44. The smallest absolute Gasteiger partial charge is 0.407 e. The number of amides is 2. The van der Waals surface area contributed by atoms with Crippen LogP contribution in [0, 0.1) is 0 Å². The Morgan fingerprint density at radius 1 is 1.10 bits per heavy atom. The van der Waals surface area contributed by atoms with Crippen molar-refractivity contribution in [2.24, 2.45) is 0 Å². The Balaban J connectivity index is 1.66. The highest BCUT2D eigenvalue weighted by atomic mass is 32.2. The van der Waals surface area contributed by atoms with Crippen LogP contribution in [0.25, 0.3) is 11.1 Å². The molecule has 7 nitrogen and oxygen atoms in total. The van der Waals surface area contributed by atoms with E-state index in [-0.39, 0.29) is 12.5 Å². The van der Waals surface area contributed by atoms with E-state index < -0.39 is 30.6 Å². The first-order valence-electron chi connectivity index (χ1n) is 9.49. The number of carbonyl (C=O) groups is 3. The molecule has 0 radical (unpaired) electrons. The molecule has 0 aromatic heterocycles. The summed E-state index contributed by atoms with van der Waals surface area (Å²) in [5, 5.41) is 11.5. The Morgan fingerprint density at radius 2 is 1.67 bits per heavy atom. The number of likely N-dealkylation sites (N-methyl/N-ethyl adjacent to an activating group) is 1. The van der Waals surface area contributed by atoms with Crippen molar-refractivity contribution >= 4 is 29.7 Å². The third-order valence-electron chi connectivity index (χ3n) is 5.02. The van der Waals surface area contributed by atoms with Crippen LogP contribution in [0.4, 0.5) is 4.79 Å². The van der Waals surface area contributed by atoms with Crippen molar-refractivity contribution < 1.29 is 24.2 Å². The molecule has 0 heterocycles. The van der Waals surface area contributed by atoms with Crippen LogP contribution in [0.1, 0.15) is 17.0 Å². The Labute approximate surface area is 179 Å². The van der Waals surface area contributed by atoms with Gasteiger partial charge in [0.15, 0.2) is 0 Å². The number of carboxylic acid groups (broad SMARTS) is 1. The zero-order valence-corrected chi connectivity index (χ0v) is 17.6. The number of alkyl carbamates (subject to hydrolysis) is 1. The lowest BCUT2D eigenvalue weighted by Crippen LogP contribution is -2.50. The summed E-state index contributed by atoms with van der Waals surface area (Å²) < 4.78 is 5.48. The maximum Gasteiger partial charge on any atom is 0.407 e. The molecule has 8 heteroatoms. The molecule has 3 rings (SSSR count). The number of aliphatic carboxylic acids is 1. The number of fused-ring (bicyclic) bond motifs is 3. The number of ether oxygens (including phenoxy) is 1. The van der Waals surface area contributed by atoms with E-state index in [4.69, 9.17) is 9.84 Å². The van der Waals surface area contributed by atoms with Gasteiger partial charge in [0.2, 0.25) is 5.91 Å². The minimum atomic E-state index is -1.12. The number of rotatable bonds is 8. The molecule has 1 unspecified atom stereocenters. The summed E-state index contributed by atoms with van der Waals surface area (Å²) >= 11 is 1.38. The average molecular weight is 429 g/mol. The fourth-order valence-corrected chi connectivity index (χ4v) is 4.23. The maximum atomic E-state index is 12.5. The quantitative estimate of drug-likeness (QED) is 0.671. The van der Waals surface area contributed by atoms with Gasteiger partial charge in [0.1, 0.15) is 19.2 Å². The van der Waals surface area contributed by atoms with E-state index in [2.05, 4.69) is 17.4 Å². The molecule has 30 heavy (non-hydrogen) atoms. The Hall–Kier alpha value is -3.00. The van der Waals surface area contributed by atoms with Crippen LogP contribution in [-0.4, -0.2) is 66.2 Å². The number of benzene rings is 2. The number of nitrogens with zero attached hydrogens (tertiary/aromatic N) is 1. The topological polar surface area (TPSA) is 95.9 Å². The molecule has 0 saturated heterocycles. The second-order valence-corrected chi connectivity index (χ2v) is 7.98. The normalized spacial score (nSPS) is 13.1. The first kappa shape index (κ1) is 21.7. The molecule has 2 aromatic carbocycles. The molecule has 1 aliphatic carbocycles. The molecule has 1 aliphatic rings. The Kier molecular flexibility index (Phi) is 6.99. The number of thioether (sulfide) groups is 1. The van der Waals surface area contributed by atoms with E-state index in [0.717, 1.165) is 27.2 Å². The molecule has 0 spiro atoms. The summed E-state index contributed by atoms with van der Waals surface area (Å²) in [6.45, 7) is -0.291. The van der Waals surface area contributed by atoms with Crippen LogP contribution in [0.2, 0.25) is 0 Å². The second-order valence-electron chi connectivity index (χ2n) is 7.07. The highest BCUT2D eigenvalue weighted by molar-refractivity contribution is 7.98. The van der Waals surface area contributed by atoms with Crippen molar-refractivity contribution in [3.8, 4) is 11.1 Å². The number of hydrogen-bond donors (Lipinski definition) is 2. The van der Waals surface area contributed by atoms with Gasteiger partial charge >= 0.3 is 12.1 Å². The standard InChI is InChI=1S/C22H24N2O5S/c1-24(11-20(25)26)21(27)19(13-30-2)23-22(28)29-12-18-16-9-5-3-7-14(16)15-8-4-6-10-17(15)18/h3-10,18-19H,11-13H2,1-2H3,(H,23,28)(H,25,26). The van der Waals surface area contributed by atoms with Gasteiger partial charge in [-0.15, -0.1) is 0 Å². The van der Waals surface area contributed by atoms with Crippen LogP contribution in [0.5, 0.6) is 0 Å². The van der Waals surface area contributed by atoms with E-state index in [1.165, 1.54) is 18.8 Å². The minimum absolute atomic E-state index is 0.0764. The summed E-state index contributed by atoms with van der Waals surface area (Å²) in [6.07, 6.45) is 1.10. The van der Waals surface area contributed by atoms with E-state index in [1.807, 2.05) is 36.4 Å². The molecule has 0 bridgehead atoms. The van der Waals surface area contributed by atoms with Crippen molar-refractivity contribution in [3.63, 3.8) is 0 Å². The van der Waals surface area contributed by atoms with Crippen molar-refractivity contribution in [1.29, 1.82) is 0 Å². The molecule has 0 fully saturated rings. The van der Waals surface area contributed by atoms with E-state index in [1.54, 1.807) is 6.26 Å². The van der Waals surface area contributed by atoms with Gasteiger partial charge < -0.3 is 20.1 Å². The molecule has 0 saturated carbocycles. The van der Waals surface area contributed by atoms with E-state index in [9.17, 15) is 14.4 Å². The highest BCUT2D eigenvalue weighted by Gasteiger charge is 2.30.